The summed E-state index contributed by atoms with van der Waals surface area (Å²) in [6.07, 6.45) is -0.417. The third-order valence-corrected chi connectivity index (χ3v) is 4.64. The summed E-state index contributed by atoms with van der Waals surface area (Å²) in [6.45, 7) is 0.101. The first kappa shape index (κ1) is 18.7. The highest BCUT2D eigenvalue weighted by molar-refractivity contribution is 7.16. The molecule has 1 heterocycles. The molecule has 24 heavy (non-hydrogen) atoms. The summed E-state index contributed by atoms with van der Waals surface area (Å²) in [4.78, 5) is 24.5. The molecule has 0 radical (unpaired) electrons. The van der Waals surface area contributed by atoms with Crippen molar-refractivity contribution in [2.45, 2.75) is 6.10 Å². The molecule has 0 saturated heterocycles. The highest BCUT2D eigenvalue weighted by Crippen LogP contribution is 2.28. The van der Waals surface area contributed by atoms with Crippen molar-refractivity contribution in [1.29, 1.82) is 0 Å². The zero-order valence-electron chi connectivity index (χ0n) is 12.4. The van der Waals surface area contributed by atoms with E-state index >= 15 is 0 Å². The number of halogens is 3. The first-order chi connectivity index (χ1) is 11.4. The standard InChI is InChI=1S/C15H13Cl2FN2O3S/c1-23-11(12-4-5-13(17)24-12)7-19-14(21)15(22)20-8-2-3-10(18)9(16)6-8/h2-6,11H,7H2,1H3,(H,19,21)(H,20,22). The van der Waals surface area contributed by atoms with Gasteiger partial charge < -0.3 is 15.4 Å². The van der Waals surface area contributed by atoms with Crippen molar-refractivity contribution in [3.63, 3.8) is 0 Å². The molecule has 0 aliphatic rings. The fourth-order valence-corrected chi connectivity index (χ4v) is 3.15. The van der Waals surface area contributed by atoms with E-state index in [4.69, 9.17) is 27.9 Å². The number of nitrogens with one attached hydrogen (secondary N) is 2. The summed E-state index contributed by atoms with van der Waals surface area (Å²) in [6, 6.07) is 7.12. The molecule has 128 valence electrons. The lowest BCUT2D eigenvalue weighted by atomic mass is 10.3. The third-order valence-electron chi connectivity index (χ3n) is 3.03. The monoisotopic (exact) mass is 390 g/mol. The molecule has 0 bridgehead atoms. The number of methoxy groups -OCH3 is 1. The fraction of sp³-hybridized carbons (Fsp3) is 0.200. The Hall–Kier alpha value is -1.67. The number of benzene rings is 1. The van der Waals surface area contributed by atoms with Crippen LogP contribution in [-0.2, 0) is 14.3 Å². The van der Waals surface area contributed by atoms with Crippen LogP contribution in [0.2, 0.25) is 9.36 Å². The molecule has 9 heteroatoms. The predicted octanol–water partition coefficient (Wildman–Crippen LogP) is 3.64. The molecule has 2 rings (SSSR count). The van der Waals surface area contributed by atoms with Gasteiger partial charge in [0.2, 0.25) is 0 Å². The van der Waals surface area contributed by atoms with Crippen LogP contribution >= 0.6 is 34.5 Å². The summed E-state index contributed by atoms with van der Waals surface area (Å²) < 4.78 is 18.9. The van der Waals surface area contributed by atoms with Gasteiger partial charge in [-0.2, -0.15) is 0 Å². The van der Waals surface area contributed by atoms with Gasteiger partial charge in [-0.3, -0.25) is 9.59 Å². The number of amides is 2. The normalized spacial score (nSPS) is 11.8. The van der Waals surface area contributed by atoms with Crippen LogP contribution in [0.25, 0.3) is 0 Å². The molecular weight excluding hydrogens is 378 g/mol. The fourth-order valence-electron chi connectivity index (χ4n) is 1.83. The zero-order valence-corrected chi connectivity index (χ0v) is 14.8. The molecule has 0 spiro atoms. The van der Waals surface area contributed by atoms with Crippen molar-refractivity contribution in [2.24, 2.45) is 0 Å². The minimum absolute atomic E-state index is 0.101. The third kappa shape index (κ3) is 4.91. The van der Waals surface area contributed by atoms with Crippen LogP contribution < -0.4 is 10.6 Å². The first-order valence-corrected chi connectivity index (χ1v) is 8.30. The van der Waals surface area contributed by atoms with E-state index in [9.17, 15) is 14.0 Å². The maximum absolute atomic E-state index is 13.1. The molecule has 0 fully saturated rings. The lowest BCUT2D eigenvalue weighted by Crippen LogP contribution is -2.37. The topological polar surface area (TPSA) is 67.4 Å². The smallest absolute Gasteiger partial charge is 0.313 e. The van der Waals surface area contributed by atoms with E-state index in [0.717, 1.165) is 10.9 Å². The molecule has 1 aromatic carbocycles. The molecule has 2 amide bonds. The van der Waals surface area contributed by atoms with Gasteiger partial charge >= 0.3 is 11.8 Å². The van der Waals surface area contributed by atoms with Crippen LogP contribution in [0, 0.1) is 5.82 Å². The second-order valence-electron chi connectivity index (χ2n) is 4.66. The van der Waals surface area contributed by atoms with Crippen molar-refractivity contribution in [2.75, 3.05) is 19.0 Å². The summed E-state index contributed by atoms with van der Waals surface area (Å²) in [7, 11) is 1.49. The maximum Gasteiger partial charge on any atom is 0.313 e. The predicted molar refractivity (Wildman–Crippen MR) is 92.1 cm³/mol. The maximum atomic E-state index is 13.1. The second-order valence-corrected chi connectivity index (χ2v) is 6.81. The molecule has 1 unspecified atom stereocenters. The lowest BCUT2D eigenvalue weighted by molar-refractivity contribution is -0.136. The van der Waals surface area contributed by atoms with E-state index in [1.165, 1.54) is 30.6 Å². The van der Waals surface area contributed by atoms with Gasteiger partial charge in [0.05, 0.1) is 9.36 Å². The Kier molecular flexibility index (Phi) is 6.56. The molecule has 0 aliphatic carbocycles. The lowest BCUT2D eigenvalue weighted by Gasteiger charge is -2.14. The van der Waals surface area contributed by atoms with Gasteiger partial charge in [-0.25, -0.2) is 4.39 Å². The number of anilines is 1. The largest absolute Gasteiger partial charge is 0.374 e. The number of rotatable bonds is 5. The molecule has 5 nitrogen and oxygen atoms in total. The van der Waals surface area contributed by atoms with Crippen LogP contribution in [-0.4, -0.2) is 25.5 Å². The Labute approximate surface area is 151 Å². The van der Waals surface area contributed by atoms with E-state index < -0.39 is 23.7 Å². The average Bonchev–Trinajstić information content (AvgIpc) is 2.97. The molecular formula is C15H13Cl2FN2O3S. The van der Waals surface area contributed by atoms with Gasteiger partial charge in [-0.1, -0.05) is 23.2 Å². The van der Waals surface area contributed by atoms with Crippen molar-refractivity contribution in [1.82, 2.24) is 5.32 Å². The Morgan fingerprint density at radius 2 is 2.00 bits per heavy atom. The van der Waals surface area contributed by atoms with Crippen molar-refractivity contribution in [3.8, 4) is 0 Å². The van der Waals surface area contributed by atoms with Crippen molar-refractivity contribution in [3.05, 3.63) is 50.4 Å². The highest BCUT2D eigenvalue weighted by atomic mass is 35.5. The molecule has 1 atom stereocenters. The summed E-state index contributed by atoms with van der Waals surface area (Å²) in [5.41, 5.74) is 0.217. The molecule has 1 aromatic heterocycles. The molecule has 0 saturated carbocycles. The number of hydrogen-bond acceptors (Lipinski definition) is 4. The highest BCUT2D eigenvalue weighted by Gasteiger charge is 2.18. The van der Waals surface area contributed by atoms with E-state index in [1.807, 2.05) is 0 Å². The van der Waals surface area contributed by atoms with Gasteiger partial charge in [-0.15, -0.1) is 11.3 Å². The van der Waals surface area contributed by atoms with Gasteiger partial charge in [0.1, 0.15) is 11.9 Å². The molecule has 2 aromatic rings. The van der Waals surface area contributed by atoms with Crippen LogP contribution in [0.3, 0.4) is 0 Å². The molecule has 2 N–H and O–H groups in total. The van der Waals surface area contributed by atoms with Crippen LogP contribution in [0.5, 0.6) is 0 Å². The van der Waals surface area contributed by atoms with Gasteiger partial charge in [0.15, 0.2) is 0 Å². The van der Waals surface area contributed by atoms with Crippen LogP contribution in [0.1, 0.15) is 11.0 Å². The Morgan fingerprint density at radius 1 is 1.25 bits per heavy atom. The summed E-state index contributed by atoms with van der Waals surface area (Å²) >= 11 is 12.8. The second kappa shape index (κ2) is 8.43. The molecule has 0 aliphatic heterocycles. The SMILES string of the molecule is COC(CNC(=O)C(=O)Nc1ccc(F)c(Cl)c1)c1ccc(Cl)s1. The number of ether oxygens (including phenoxy) is 1. The minimum atomic E-state index is -0.892. The number of thiophene rings is 1. The number of carbonyl (C=O) groups is 2. The number of hydrogen-bond donors (Lipinski definition) is 2. The Balaban J connectivity index is 1.91. The van der Waals surface area contributed by atoms with E-state index in [2.05, 4.69) is 10.6 Å². The van der Waals surface area contributed by atoms with E-state index in [-0.39, 0.29) is 17.3 Å². The summed E-state index contributed by atoms with van der Waals surface area (Å²) in [5, 5.41) is 4.65. The van der Waals surface area contributed by atoms with E-state index in [1.54, 1.807) is 12.1 Å². The minimum Gasteiger partial charge on any atom is -0.374 e. The first-order valence-electron chi connectivity index (χ1n) is 6.73. The van der Waals surface area contributed by atoms with Gasteiger partial charge in [0, 0.05) is 24.2 Å². The van der Waals surface area contributed by atoms with Crippen molar-refractivity contribution < 1.29 is 18.7 Å². The number of carbonyl (C=O) groups excluding carboxylic acids is 2. The van der Waals surface area contributed by atoms with E-state index in [0.29, 0.717) is 4.34 Å². The quantitative estimate of drug-likeness (QED) is 0.765. The van der Waals surface area contributed by atoms with Crippen molar-refractivity contribution >= 4 is 52.0 Å². The Morgan fingerprint density at radius 3 is 2.58 bits per heavy atom. The van der Waals surface area contributed by atoms with Crippen LogP contribution in [0.15, 0.2) is 30.3 Å². The Bertz CT molecular complexity index is 754. The van der Waals surface area contributed by atoms with Gasteiger partial charge in [-0.05, 0) is 30.3 Å². The average molecular weight is 391 g/mol. The zero-order chi connectivity index (χ0) is 17.7. The van der Waals surface area contributed by atoms with Crippen LogP contribution in [0.4, 0.5) is 10.1 Å². The summed E-state index contributed by atoms with van der Waals surface area (Å²) in [5.74, 6) is -2.35. The van der Waals surface area contributed by atoms with Gasteiger partial charge in [0.25, 0.3) is 0 Å².